The van der Waals surface area contributed by atoms with Crippen LogP contribution in [0.25, 0.3) is 0 Å². The van der Waals surface area contributed by atoms with Crippen molar-refractivity contribution < 1.29 is 19.5 Å². The van der Waals surface area contributed by atoms with Crippen LogP contribution >= 0.6 is 0 Å². The van der Waals surface area contributed by atoms with Gasteiger partial charge in [-0.25, -0.2) is 4.79 Å². The van der Waals surface area contributed by atoms with Gasteiger partial charge < -0.3 is 21.5 Å². The van der Waals surface area contributed by atoms with E-state index in [1.807, 2.05) is 0 Å². The number of nitrogens with two attached hydrogens (primary N) is 1. The minimum absolute atomic E-state index is 0.00880. The van der Waals surface area contributed by atoms with Crippen molar-refractivity contribution in [2.45, 2.75) is 32.4 Å². The zero-order valence-electron chi connectivity index (χ0n) is 8.61. The molecule has 0 aromatic heterocycles. The number of hydrogen-bond donors (Lipinski definition) is 4. The van der Waals surface area contributed by atoms with Crippen LogP contribution < -0.4 is 16.4 Å². The molecule has 7 nitrogen and oxygen atoms in total. The van der Waals surface area contributed by atoms with Crippen LogP contribution in [0.4, 0.5) is 4.79 Å². The Hall–Kier alpha value is -1.79. The minimum atomic E-state index is -1.13. The van der Waals surface area contributed by atoms with Gasteiger partial charge in [-0.1, -0.05) is 0 Å². The van der Waals surface area contributed by atoms with Gasteiger partial charge in [0.15, 0.2) is 0 Å². The SMILES string of the molecule is CC(CC(N)=O)NC(=O)NC(C)C(=O)O. The topological polar surface area (TPSA) is 122 Å². The highest BCUT2D eigenvalue weighted by atomic mass is 16.4. The number of carboxylic acids is 1. The zero-order chi connectivity index (χ0) is 12.0. The maximum atomic E-state index is 11.1. The van der Waals surface area contributed by atoms with E-state index in [9.17, 15) is 14.4 Å². The third kappa shape index (κ3) is 6.30. The number of amides is 3. The van der Waals surface area contributed by atoms with E-state index in [-0.39, 0.29) is 6.42 Å². The number of carbonyl (C=O) groups is 3. The summed E-state index contributed by atoms with van der Waals surface area (Å²) in [5.41, 5.74) is 4.91. The molecule has 0 aromatic carbocycles. The second-order valence-corrected chi connectivity index (χ2v) is 3.25. The standard InChI is InChI=1S/C8H15N3O4/c1-4(3-6(9)12)10-8(15)11-5(2)7(13)14/h4-5H,3H2,1-2H3,(H2,9,12)(H,13,14)(H2,10,11,15). The van der Waals surface area contributed by atoms with Crippen molar-refractivity contribution in [2.75, 3.05) is 0 Å². The monoisotopic (exact) mass is 217 g/mol. The van der Waals surface area contributed by atoms with E-state index in [0.717, 1.165) is 0 Å². The zero-order valence-corrected chi connectivity index (χ0v) is 8.61. The second-order valence-electron chi connectivity index (χ2n) is 3.25. The first-order valence-corrected chi connectivity index (χ1v) is 4.41. The van der Waals surface area contributed by atoms with Crippen LogP contribution in [-0.2, 0) is 9.59 Å². The summed E-state index contributed by atoms with van der Waals surface area (Å²) in [5, 5.41) is 13.1. The Morgan fingerprint density at radius 1 is 1.27 bits per heavy atom. The van der Waals surface area contributed by atoms with Crippen LogP contribution in [0.15, 0.2) is 0 Å². The van der Waals surface area contributed by atoms with Crippen LogP contribution in [0.1, 0.15) is 20.3 Å². The quantitative estimate of drug-likeness (QED) is 0.473. The fraction of sp³-hybridized carbons (Fsp3) is 0.625. The van der Waals surface area contributed by atoms with Gasteiger partial charge in [-0.3, -0.25) is 9.59 Å². The lowest BCUT2D eigenvalue weighted by Crippen LogP contribution is -2.47. The summed E-state index contributed by atoms with van der Waals surface area (Å²) in [6.07, 6.45) is 0.00880. The highest BCUT2D eigenvalue weighted by Gasteiger charge is 2.15. The fourth-order valence-electron chi connectivity index (χ4n) is 0.877. The van der Waals surface area contributed by atoms with Gasteiger partial charge in [-0.2, -0.15) is 0 Å². The molecule has 0 aliphatic rings. The molecular formula is C8H15N3O4. The summed E-state index contributed by atoms with van der Waals surface area (Å²) < 4.78 is 0. The maximum Gasteiger partial charge on any atom is 0.325 e. The van der Waals surface area contributed by atoms with Gasteiger partial charge >= 0.3 is 12.0 Å². The number of hydrogen-bond acceptors (Lipinski definition) is 3. The van der Waals surface area contributed by atoms with E-state index < -0.39 is 30.0 Å². The lowest BCUT2D eigenvalue weighted by Gasteiger charge is -2.14. The van der Waals surface area contributed by atoms with Crippen LogP contribution in [0.3, 0.4) is 0 Å². The Morgan fingerprint density at radius 3 is 2.20 bits per heavy atom. The molecule has 7 heteroatoms. The van der Waals surface area contributed by atoms with Gasteiger partial charge in [0.1, 0.15) is 6.04 Å². The number of carboxylic acid groups (broad SMARTS) is 1. The van der Waals surface area contributed by atoms with Crippen molar-refractivity contribution in [1.29, 1.82) is 0 Å². The van der Waals surface area contributed by atoms with Crippen LogP contribution in [0.5, 0.6) is 0 Å². The van der Waals surface area contributed by atoms with Crippen molar-refractivity contribution in [2.24, 2.45) is 5.73 Å². The van der Waals surface area contributed by atoms with E-state index in [1.54, 1.807) is 6.92 Å². The van der Waals surface area contributed by atoms with E-state index in [0.29, 0.717) is 0 Å². The van der Waals surface area contributed by atoms with Gasteiger partial charge in [-0.15, -0.1) is 0 Å². The summed E-state index contributed by atoms with van der Waals surface area (Å²) in [5.74, 6) is -1.67. The van der Waals surface area contributed by atoms with E-state index >= 15 is 0 Å². The first kappa shape index (κ1) is 13.2. The molecule has 5 N–H and O–H groups in total. The van der Waals surface area contributed by atoms with Crippen LogP contribution in [-0.4, -0.2) is 35.1 Å². The number of primary amides is 1. The van der Waals surface area contributed by atoms with E-state index in [4.69, 9.17) is 10.8 Å². The van der Waals surface area contributed by atoms with Gasteiger partial charge in [-0.05, 0) is 13.8 Å². The Morgan fingerprint density at radius 2 is 1.80 bits per heavy atom. The molecule has 0 aliphatic heterocycles. The Bertz CT molecular complexity index is 267. The predicted octanol–water partition coefficient (Wildman–Crippen LogP) is -0.977. The smallest absolute Gasteiger partial charge is 0.325 e. The third-order valence-electron chi connectivity index (χ3n) is 1.60. The van der Waals surface area contributed by atoms with Crippen molar-refractivity contribution in [3.8, 4) is 0 Å². The van der Waals surface area contributed by atoms with Crippen LogP contribution in [0, 0.1) is 0 Å². The predicted molar refractivity (Wildman–Crippen MR) is 52.0 cm³/mol. The van der Waals surface area contributed by atoms with Crippen molar-refractivity contribution >= 4 is 17.9 Å². The molecule has 2 unspecified atom stereocenters. The summed E-state index contributed by atoms with van der Waals surface area (Å²) >= 11 is 0. The first-order chi connectivity index (χ1) is 6.82. The molecule has 0 heterocycles. The van der Waals surface area contributed by atoms with E-state index in [1.165, 1.54) is 6.92 Å². The van der Waals surface area contributed by atoms with Gasteiger partial charge in [0.25, 0.3) is 0 Å². The molecule has 0 bridgehead atoms. The molecule has 0 aromatic rings. The largest absolute Gasteiger partial charge is 0.480 e. The molecule has 0 aliphatic carbocycles. The number of aliphatic carboxylic acids is 1. The molecule has 0 rings (SSSR count). The van der Waals surface area contributed by atoms with Gasteiger partial charge in [0.05, 0.1) is 0 Å². The second kappa shape index (κ2) is 5.84. The molecule has 0 saturated carbocycles. The summed E-state index contributed by atoms with van der Waals surface area (Å²) in [6.45, 7) is 2.93. The van der Waals surface area contributed by atoms with Crippen molar-refractivity contribution in [3.63, 3.8) is 0 Å². The first-order valence-electron chi connectivity index (χ1n) is 4.41. The molecule has 2 atom stereocenters. The fourth-order valence-corrected chi connectivity index (χ4v) is 0.877. The van der Waals surface area contributed by atoms with Gasteiger partial charge in [0.2, 0.25) is 5.91 Å². The average Bonchev–Trinajstić information content (AvgIpc) is 2.00. The lowest BCUT2D eigenvalue weighted by molar-refractivity contribution is -0.138. The van der Waals surface area contributed by atoms with Crippen molar-refractivity contribution in [1.82, 2.24) is 10.6 Å². The molecular weight excluding hydrogens is 202 g/mol. The summed E-state index contributed by atoms with van der Waals surface area (Å²) in [4.78, 5) is 32.0. The number of urea groups is 1. The third-order valence-corrected chi connectivity index (χ3v) is 1.60. The maximum absolute atomic E-state index is 11.1. The summed E-state index contributed by atoms with van der Waals surface area (Å²) in [7, 11) is 0. The van der Waals surface area contributed by atoms with E-state index in [2.05, 4.69) is 10.6 Å². The Kier molecular flexibility index (Phi) is 5.14. The van der Waals surface area contributed by atoms with Crippen molar-refractivity contribution in [3.05, 3.63) is 0 Å². The minimum Gasteiger partial charge on any atom is -0.480 e. The highest BCUT2D eigenvalue weighted by molar-refractivity contribution is 5.82. The summed E-state index contributed by atoms with van der Waals surface area (Å²) in [6, 6.07) is -2.05. The lowest BCUT2D eigenvalue weighted by atomic mass is 10.2. The molecule has 15 heavy (non-hydrogen) atoms. The molecule has 0 radical (unpaired) electrons. The molecule has 0 spiro atoms. The molecule has 0 saturated heterocycles. The average molecular weight is 217 g/mol. The normalized spacial score (nSPS) is 13.7. The molecule has 86 valence electrons. The van der Waals surface area contributed by atoms with Gasteiger partial charge in [0, 0.05) is 12.5 Å². The molecule has 0 fully saturated rings. The number of carbonyl (C=O) groups excluding carboxylic acids is 2. The number of rotatable bonds is 5. The highest BCUT2D eigenvalue weighted by Crippen LogP contribution is 1.89. The molecule has 3 amide bonds. The van der Waals surface area contributed by atoms with Crippen LogP contribution in [0.2, 0.25) is 0 Å². The Labute approximate surface area is 87.0 Å². The Balaban J connectivity index is 3.93. The number of nitrogens with one attached hydrogen (secondary N) is 2.